The fraction of sp³-hybridized carbons (Fsp3) is 0.923. The Morgan fingerprint density at radius 2 is 1.90 bits per heavy atom. The maximum absolute atomic E-state index is 12.6. The minimum absolute atomic E-state index is 0.117. The highest BCUT2D eigenvalue weighted by Gasteiger charge is 2.38. The van der Waals surface area contributed by atoms with Gasteiger partial charge in [0.2, 0.25) is 0 Å². The molecule has 0 aromatic rings. The number of aliphatic carboxylic acids is 1. The predicted octanol–water partition coefficient (Wildman–Crippen LogP) is 2.49. The molecule has 2 N–H and O–H groups in total. The summed E-state index contributed by atoms with van der Waals surface area (Å²) < 4.78 is 37.7. The lowest BCUT2D eigenvalue weighted by Crippen LogP contribution is -2.54. The SMILES string of the molecule is CCCN(CC(F)(F)F)C(C)CC(C)(NCC)C(=O)O. The van der Waals surface area contributed by atoms with E-state index in [0.717, 1.165) is 0 Å². The van der Waals surface area contributed by atoms with Crippen LogP contribution in [0.4, 0.5) is 13.2 Å². The van der Waals surface area contributed by atoms with E-state index < -0.39 is 30.3 Å². The second kappa shape index (κ2) is 7.83. The molecule has 0 saturated heterocycles. The Balaban J connectivity index is 4.88. The largest absolute Gasteiger partial charge is 0.480 e. The zero-order valence-corrected chi connectivity index (χ0v) is 12.5. The Morgan fingerprint density at radius 1 is 1.35 bits per heavy atom. The summed E-state index contributed by atoms with van der Waals surface area (Å²) in [4.78, 5) is 12.6. The predicted molar refractivity (Wildman–Crippen MR) is 71.7 cm³/mol. The van der Waals surface area contributed by atoms with Crippen molar-refractivity contribution in [1.82, 2.24) is 10.2 Å². The number of likely N-dealkylation sites (N-methyl/N-ethyl adjacent to an activating group) is 1. The number of carboxylic acid groups (broad SMARTS) is 1. The summed E-state index contributed by atoms with van der Waals surface area (Å²) in [6, 6.07) is -0.475. The zero-order chi connectivity index (χ0) is 16.0. The average Bonchev–Trinajstić information content (AvgIpc) is 2.26. The van der Waals surface area contributed by atoms with Gasteiger partial charge in [0.25, 0.3) is 0 Å². The Morgan fingerprint density at radius 3 is 2.25 bits per heavy atom. The molecule has 4 nitrogen and oxygen atoms in total. The van der Waals surface area contributed by atoms with E-state index in [2.05, 4.69) is 5.32 Å². The van der Waals surface area contributed by atoms with Crippen LogP contribution in [0, 0.1) is 0 Å². The van der Waals surface area contributed by atoms with Gasteiger partial charge in [-0.05, 0) is 39.8 Å². The van der Waals surface area contributed by atoms with Gasteiger partial charge in [0.15, 0.2) is 0 Å². The molecule has 0 bridgehead atoms. The number of hydrogen-bond donors (Lipinski definition) is 2. The average molecular weight is 298 g/mol. The maximum Gasteiger partial charge on any atom is 0.401 e. The van der Waals surface area contributed by atoms with Crippen LogP contribution in [0.25, 0.3) is 0 Å². The molecule has 2 unspecified atom stereocenters. The Kier molecular flexibility index (Phi) is 7.51. The molecule has 0 aromatic heterocycles. The van der Waals surface area contributed by atoms with Crippen LogP contribution >= 0.6 is 0 Å². The van der Waals surface area contributed by atoms with E-state index in [1.54, 1.807) is 20.8 Å². The van der Waals surface area contributed by atoms with Gasteiger partial charge in [-0.2, -0.15) is 13.2 Å². The quantitative estimate of drug-likeness (QED) is 0.687. The molecule has 0 aliphatic carbocycles. The van der Waals surface area contributed by atoms with Crippen molar-refractivity contribution in [3.05, 3.63) is 0 Å². The number of halogens is 3. The Labute approximate surface area is 118 Å². The first-order valence-electron chi connectivity index (χ1n) is 6.85. The van der Waals surface area contributed by atoms with Crippen molar-refractivity contribution in [2.45, 2.75) is 58.3 Å². The van der Waals surface area contributed by atoms with Crippen LogP contribution < -0.4 is 5.32 Å². The van der Waals surface area contributed by atoms with Gasteiger partial charge in [0.1, 0.15) is 5.54 Å². The summed E-state index contributed by atoms with van der Waals surface area (Å²) in [5, 5.41) is 12.1. The lowest BCUT2D eigenvalue weighted by Gasteiger charge is -2.35. The van der Waals surface area contributed by atoms with Crippen LogP contribution in [0.2, 0.25) is 0 Å². The van der Waals surface area contributed by atoms with Crippen molar-refractivity contribution < 1.29 is 23.1 Å². The van der Waals surface area contributed by atoms with Crippen LogP contribution in [-0.4, -0.2) is 53.4 Å². The van der Waals surface area contributed by atoms with Gasteiger partial charge in [-0.25, -0.2) is 0 Å². The van der Waals surface area contributed by atoms with E-state index in [4.69, 9.17) is 0 Å². The molecule has 0 aliphatic rings. The monoisotopic (exact) mass is 298 g/mol. The molecular weight excluding hydrogens is 273 g/mol. The summed E-state index contributed by atoms with van der Waals surface area (Å²) in [5.74, 6) is -1.05. The molecule has 0 amide bonds. The molecule has 0 heterocycles. The van der Waals surface area contributed by atoms with Gasteiger partial charge >= 0.3 is 12.1 Å². The minimum Gasteiger partial charge on any atom is -0.480 e. The third-order valence-corrected chi connectivity index (χ3v) is 3.26. The lowest BCUT2D eigenvalue weighted by molar-refractivity contribution is -0.153. The highest BCUT2D eigenvalue weighted by atomic mass is 19.4. The molecule has 0 aliphatic heterocycles. The molecule has 20 heavy (non-hydrogen) atoms. The third-order valence-electron chi connectivity index (χ3n) is 3.26. The fourth-order valence-electron chi connectivity index (χ4n) is 2.32. The lowest BCUT2D eigenvalue weighted by atomic mass is 9.92. The first kappa shape index (κ1) is 19.2. The van der Waals surface area contributed by atoms with E-state index >= 15 is 0 Å². The van der Waals surface area contributed by atoms with E-state index in [9.17, 15) is 23.1 Å². The van der Waals surface area contributed by atoms with Gasteiger partial charge in [-0.15, -0.1) is 0 Å². The molecule has 0 spiro atoms. The maximum atomic E-state index is 12.6. The smallest absolute Gasteiger partial charge is 0.401 e. The molecule has 0 rings (SSSR count). The van der Waals surface area contributed by atoms with Crippen molar-refractivity contribution in [2.75, 3.05) is 19.6 Å². The molecule has 0 saturated carbocycles. The molecule has 120 valence electrons. The minimum atomic E-state index is -4.28. The third kappa shape index (κ3) is 6.56. The van der Waals surface area contributed by atoms with Crippen molar-refractivity contribution in [1.29, 1.82) is 0 Å². The van der Waals surface area contributed by atoms with Crippen molar-refractivity contribution in [3.8, 4) is 0 Å². The summed E-state index contributed by atoms with van der Waals surface area (Å²) in [7, 11) is 0. The van der Waals surface area contributed by atoms with Gasteiger partial charge in [0, 0.05) is 6.04 Å². The molecule has 2 atom stereocenters. The fourth-order valence-corrected chi connectivity index (χ4v) is 2.32. The number of carbonyl (C=O) groups is 1. The number of nitrogens with one attached hydrogen (secondary N) is 1. The van der Waals surface area contributed by atoms with Crippen molar-refractivity contribution >= 4 is 5.97 Å². The molecule has 7 heteroatoms. The van der Waals surface area contributed by atoms with Crippen LogP contribution in [0.5, 0.6) is 0 Å². The Hall–Kier alpha value is -0.820. The van der Waals surface area contributed by atoms with E-state index in [0.29, 0.717) is 19.5 Å². The van der Waals surface area contributed by atoms with E-state index in [-0.39, 0.29) is 6.42 Å². The first-order chi connectivity index (χ1) is 9.05. The van der Waals surface area contributed by atoms with Crippen LogP contribution in [0.1, 0.15) is 40.5 Å². The molecule has 0 radical (unpaired) electrons. The number of nitrogens with zero attached hydrogens (tertiary/aromatic N) is 1. The molecular formula is C13H25F3N2O2. The summed E-state index contributed by atoms with van der Waals surface area (Å²) in [5.41, 5.74) is -1.22. The van der Waals surface area contributed by atoms with Crippen LogP contribution in [-0.2, 0) is 4.79 Å². The standard InChI is InChI=1S/C13H25F3N2O2/c1-5-7-18(9-13(14,15)16)10(3)8-12(4,11(19)20)17-6-2/h10,17H,5-9H2,1-4H3,(H,19,20). The van der Waals surface area contributed by atoms with Gasteiger partial charge < -0.3 is 10.4 Å². The second-order valence-corrected chi connectivity index (χ2v) is 5.31. The molecule has 0 aromatic carbocycles. The summed E-state index contributed by atoms with van der Waals surface area (Å²) in [6.45, 7) is 6.45. The highest BCUT2D eigenvalue weighted by Crippen LogP contribution is 2.22. The topological polar surface area (TPSA) is 52.6 Å². The number of alkyl halides is 3. The van der Waals surface area contributed by atoms with Crippen LogP contribution in [0.3, 0.4) is 0 Å². The Bertz CT molecular complexity index is 310. The number of rotatable bonds is 9. The van der Waals surface area contributed by atoms with E-state index in [1.807, 2.05) is 0 Å². The number of hydrogen-bond acceptors (Lipinski definition) is 3. The number of carboxylic acids is 1. The summed E-state index contributed by atoms with van der Waals surface area (Å²) in [6.07, 6.45) is -3.57. The van der Waals surface area contributed by atoms with Gasteiger partial charge in [-0.1, -0.05) is 13.8 Å². The first-order valence-corrected chi connectivity index (χ1v) is 6.85. The summed E-state index contributed by atoms with van der Waals surface area (Å²) >= 11 is 0. The van der Waals surface area contributed by atoms with E-state index in [1.165, 1.54) is 11.8 Å². The van der Waals surface area contributed by atoms with Gasteiger partial charge in [-0.3, -0.25) is 9.69 Å². The highest BCUT2D eigenvalue weighted by molar-refractivity contribution is 5.78. The van der Waals surface area contributed by atoms with Crippen molar-refractivity contribution in [3.63, 3.8) is 0 Å². The van der Waals surface area contributed by atoms with Crippen LogP contribution in [0.15, 0.2) is 0 Å². The molecule has 0 fully saturated rings. The van der Waals surface area contributed by atoms with Crippen molar-refractivity contribution in [2.24, 2.45) is 0 Å². The van der Waals surface area contributed by atoms with Gasteiger partial charge in [0.05, 0.1) is 6.54 Å². The second-order valence-electron chi connectivity index (χ2n) is 5.31. The normalized spacial score (nSPS) is 17.0. The zero-order valence-electron chi connectivity index (χ0n) is 12.5.